The molecule has 10 rings (SSSR count). The van der Waals surface area contributed by atoms with Gasteiger partial charge >= 0.3 is 0 Å². The Labute approximate surface area is 297 Å². The first kappa shape index (κ1) is 29.3. The number of hydrogen-bond acceptors (Lipinski definition) is 1. The van der Waals surface area contributed by atoms with E-state index < -0.39 is 0 Å². The van der Waals surface area contributed by atoms with Gasteiger partial charge in [0.15, 0.2) is 0 Å². The maximum absolute atomic E-state index is 6.43. The Morgan fingerprint density at radius 1 is 0.569 bits per heavy atom. The van der Waals surface area contributed by atoms with Gasteiger partial charge in [-0.1, -0.05) is 152 Å². The Bertz CT molecular complexity index is 2740. The molecular formula is C50H32O. The van der Waals surface area contributed by atoms with Gasteiger partial charge in [-0.25, -0.2) is 0 Å². The third-order valence-corrected chi connectivity index (χ3v) is 10.6. The van der Waals surface area contributed by atoms with E-state index in [1.54, 1.807) is 0 Å². The topological polar surface area (TPSA) is 9.23 Å². The molecule has 1 heterocycles. The van der Waals surface area contributed by atoms with Gasteiger partial charge in [0.1, 0.15) is 11.5 Å². The zero-order chi connectivity index (χ0) is 33.9. The molecule has 0 unspecified atom stereocenters. The summed E-state index contributed by atoms with van der Waals surface area (Å²) < 4.78 is 6.43. The van der Waals surface area contributed by atoms with Crippen LogP contribution in [-0.4, -0.2) is 0 Å². The third-order valence-electron chi connectivity index (χ3n) is 10.6. The number of hydrogen-bond donors (Lipinski definition) is 0. The molecule has 2 aliphatic rings. The summed E-state index contributed by atoms with van der Waals surface area (Å²) in [6.45, 7) is 0. The quantitative estimate of drug-likeness (QED) is 0.136. The summed E-state index contributed by atoms with van der Waals surface area (Å²) in [5.74, 6) is 4.96. The van der Waals surface area contributed by atoms with Crippen molar-refractivity contribution in [3.63, 3.8) is 0 Å². The van der Waals surface area contributed by atoms with E-state index in [4.69, 9.17) is 11.2 Å². The smallest absolute Gasteiger partial charge is 0.130 e. The summed E-state index contributed by atoms with van der Waals surface area (Å²) in [6.07, 6.45) is 14.6. The zero-order valence-corrected chi connectivity index (χ0v) is 28.0. The van der Waals surface area contributed by atoms with Crippen molar-refractivity contribution in [2.75, 3.05) is 0 Å². The van der Waals surface area contributed by atoms with E-state index in [1.165, 1.54) is 76.8 Å². The standard InChI is InChI=1S/C50H32O/c1-2-36-37-25-14-18-33(37)30-47(46(36)31-35-29-34-17-6-13-26-48(34)51-35)50-43-23-11-9-21-41(43)49(42-22-10-12-24-44(42)50)45-28-27-38(32-15-4-3-5-16-32)39-19-7-8-20-40(39)45/h1,3-24,26-28,30-31H,25,29H2/b35-31+. The highest BCUT2D eigenvalue weighted by atomic mass is 16.5. The minimum Gasteiger partial charge on any atom is -0.461 e. The predicted molar refractivity (Wildman–Crippen MR) is 215 cm³/mol. The summed E-state index contributed by atoms with van der Waals surface area (Å²) in [5.41, 5.74) is 12.8. The third kappa shape index (κ3) is 4.65. The van der Waals surface area contributed by atoms with Gasteiger partial charge in [0.25, 0.3) is 0 Å². The Morgan fingerprint density at radius 2 is 1.14 bits per heavy atom. The monoisotopic (exact) mass is 648 g/mol. The van der Waals surface area contributed by atoms with E-state index in [-0.39, 0.29) is 0 Å². The molecular weight excluding hydrogens is 617 g/mol. The molecule has 1 aliphatic heterocycles. The van der Waals surface area contributed by atoms with Crippen LogP contribution in [0.3, 0.4) is 0 Å². The largest absolute Gasteiger partial charge is 0.461 e. The molecule has 8 aromatic rings. The minimum atomic E-state index is 0.738. The maximum atomic E-state index is 6.43. The summed E-state index contributed by atoms with van der Waals surface area (Å²) >= 11 is 0. The lowest BCUT2D eigenvalue weighted by atomic mass is 9.81. The fourth-order valence-corrected chi connectivity index (χ4v) is 8.41. The molecule has 0 spiro atoms. The lowest BCUT2D eigenvalue weighted by molar-refractivity contribution is 0.451. The van der Waals surface area contributed by atoms with Gasteiger partial charge in [0.2, 0.25) is 0 Å². The van der Waals surface area contributed by atoms with Crippen molar-refractivity contribution in [3.05, 3.63) is 185 Å². The lowest BCUT2D eigenvalue weighted by Gasteiger charge is -2.22. The van der Waals surface area contributed by atoms with E-state index in [9.17, 15) is 0 Å². The van der Waals surface area contributed by atoms with Crippen molar-refractivity contribution in [2.24, 2.45) is 0 Å². The maximum Gasteiger partial charge on any atom is 0.130 e. The molecule has 0 radical (unpaired) electrons. The second kappa shape index (κ2) is 11.8. The van der Waals surface area contributed by atoms with Gasteiger partial charge < -0.3 is 4.74 Å². The molecule has 0 aromatic heterocycles. The van der Waals surface area contributed by atoms with Crippen molar-refractivity contribution in [3.8, 4) is 51.5 Å². The zero-order valence-electron chi connectivity index (χ0n) is 28.0. The highest BCUT2D eigenvalue weighted by Crippen LogP contribution is 2.48. The molecule has 51 heavy (non-hydrogen) atoms. The second-order valence-electron chi connectivity index (χ2n) is 13.4. The summed E-state index contributed by atoms with van der Waals surface area (Å²) in [6, 6.07) is 52.5. The highest BCUT2D eigenvalue weighted by molar-refractivity contribution is 6.24. The van der Waals surface area contributed by atoms with Crippen molar-refractivity contribution in [2.45, 2.75) is 12.8 Å². The van der Waals surface area contributed by atoms with Crippen LogP contribution in [0, 0.1) is 12.3 Å². The molecule has 0 amide bonds. The van der Waals surface area contributed by atoms with Crippen LogP contribution < -0.4 is 4.74 Å². The predicted octanol–water partition coefficient (Wildman–Crippen LogP) is 12.7. The van der Waals surface area contributed by atoms with Gasteiger partial charge in [-0.05, 0) is 101 Å². The summed E-state index contributed by atoms with van der Waals surface area (Å²) in [5, 5.41) is 7.30. The molecule has 8 aromatic carbocycles. The van der Waals surface area contributed by atoms with Crippen LogP contribution in [0.4, 0.5) is 0 Å². The van der Waals surface area contributed by atoms with Gasteiger partial charge in [0, 0.05) is 23.1 Å². The number of terminal acetylenes is 1. The second-order valence-corrected chi connectivity index (χ2v) is 13.4. The molecule has 0 saturated heterocycles. The van der Waals surface area contributed by atoms with Crippen molar-refractivity contribution < 1.29 is 4.74 Å². The van der Waals surface area contributed by atoms with Crippen LogP contribution in [0.1, 0.15) is 27.8 Å². The summed E-state index contributed by atoms with van der Waals surface area (Å²) in [7, 11) is 0. The molecule has 1 aliphatic carbocycles. The van der Waals surface area contributed by atoms with E-state index >= 15 is 0 Å². The van der Waals surface area contributed by atoms with Crippen LogP contribution in [0.2, 0.25) is 0 Å². The van der Waals surface area contributed by atoms with Gasteiger partial charge in [-0.3, -0.25) is 0 Å². The van der Waals surface area contributed by atoms with E-state index in [0.29, 0.717) is 0 Å². The lowest BCUT2D eigenvalue weighted by Crippen LogP contribution is -2.00. The number of para-hydroxylation sites is 1. The Kier molecular flexibility index (Phi) is 6.76. The van der Waals surface area contributed by atoms with Crippen molar-refractivity contribution in [1.82, 2.24) is 0 Å². The summed E-state index contributed by atoms with van der Waals surface area (Å²) in [4.78, 5) is 0. The van der Waals surface area contributed by atoms with E-state index in [2.05, 4.69) is 158 Å². The Hall–Kier alpha value is -6.62. The molecule has 0 saturated carbocycles. The number of fused-ring (bicyclic) bond motifs is 5. The fourth-order valence-electron chi connectivity index (χ4n) is 8.41. The number of ether oxygens (including phenoxy) is 1. The first-order chi connectivity index (χ1) is 25.3. The van der Waals surface area contributed by atoms with Crippen LogP contribution >= 0.6 is 0 Å². The first-order valence-electron chi connectivity index (χ1n) is 17.6. The van der Waals surface area contributed by atoms with Crippen molar-refractivity contribution >= 4 is 44.5 Å². The minimum absolute atomic E-state index is 0.738. The highest BCUT2D eigenvalue weighted by Gasteiger charge is 2.25. The van der Waals surface area contributed by atoms with E-state index in [1.807, 2.05) is 12.1 Å². The van der Waals surface area contributed by atoms with Gasteiger partial charge in [0.05, 0.1) is 0 Å². The number of benzene rings is 8. The van der Waals surface area contributed by atoms with Crippen LogP contribution in [0.15, 0.2) is 157 Å². The average molecular weight is 649 g/mol. The van der Waals surface area contributed by atoms with Crippen LogP contribution in [-0.2, 0) is 12.8 Å². The van der Waals surface area contributed by atoms with Crippen LogP contribution in [0.5, 0.6) is 5.75 Å². The molecule has 238 valence electrons. The number of allylic oxidation sites excluding steroid dienone is 2. The average Bonchev–Trinajstić information content (AvgIpc) is 3.83. The van der Waals surface area contributed by atoms with Crippen LogP contribution in [0.25, 0.3) is 77.9 Å². The molecule has 0 N–H and O–H groups in total. The van der Waals surface area contributed by atoms with E-state index in [0.717, 1.165) is 41.0 Å². The van der Waals surface area contributed by atoms with Gasteiger partial charge in [-0.2, -0.15) is 0 Å². The molecule has 0 fully saturated rings. The fraction of sp³-hybridized carbons (Fsp3) is 0.0400. The first-order valence-corrected chi connectivity index (χ1v) is 17.6. The number of rotatable bonds is 4. The molecule has 0 bridgehead atoms. The Balaban J connectivity index is 1.28. The molecule has 1 heteroatoms. The normalized spacial score (nSPS) is 13.8. The Morgan fingerprint density at radius 3 is 1.80 bits per heavy atom. The van der Waals surface area contributed by atoms with Crippen molar-refractivity contribution in [1.29, 1.82) is 0 Å². The van der Waals surface area contributed by atoms with Gasteiger partial charge in [-0.15, -0.1) is 6.42 Å². The molecule has 1 nitrogen and oxygen atoms in total. The molecule has 0 atom stereocenters. The SMILES string of the molecule is C#Cc1c(/C=C2\Cc3ccccc3O2)c(-c2c3ccccc3c(-c3ccc(-c4ccccc4)c4ccccc34)c3ccccc23)cc2c1CC=C2.